The number of nitrogens with one attached hydrogen (secondary N) is 1. The molecule has 1 heterocycles. The molecular weight excluding hydrogens is 334 g/mol. The third kappa shape index (κ3) is 3.47. The molecule has 2 aromatic carbocycles. The molecule has 1 N–H and O–H groups in total. The van der Waals surface area contributed by atoms with Crippen LogP contribution in [0.25, 0.3) is 11.1 Å². The highest BCUT2D eigenvalue weighted by molar-refractivity contribution is 6.31. The van der Waals surface area contributed by atoms with E-state index >= 15 is 0 Å². The zero-order chi connectivity index (χ0) is 18.2. The maximum absolute atomic E-state index is 12.7. The fourth-order valence-corrected chi connectivity index (χ4v) is 3.46. The molecular formula is C21H22ClNO2. The second-order valence-electron chi connectivity index (χ2n) is 7.22. The van der Waals surface area contributed by atoms with Crippen molar-refractivity contribution in [1.29, 1.82) is 0 Å². The molecule has 1 aliphatic heterocycles. The van der Waals surface area contributed by atoms with E-state index in [4.69, 9.17) is 11.6 Å². The molecule has 3 nitrogen and oxygen atoms in total. The Labute approximate surface area is 153 Å². The monoisotopic (exact) mass is 355 g/mol. The van der Waals surface area contributed by atoms with Crippen molar-refractivity contribution in [2.75, 3.05) is 6.54 Å². The summed E-state index contributed by atoms with van der Waals surface area (Å²) in [6.45, 7) is 6.22. The third-order valence-corrected chi connectivity index (χ3v) is 5.06. The van der Waals surface area contributed by atoms with Gasteiger partial charge in [-0.3, -0.25) is 9.59 Å². The summed E-state index contributed by atoms with van der Waals surface area (Å²) in [7, 11) is 0. The van der Waals surface area contributed by atoms with Gasteiger partial charge in [-0.15, -0.1) is 0 Å². The van der Waals surface area contributed by atoms with Crippen molar-refractivity contribution in [3.8, 4) is 11.1 Å². The molecule has 0 bridgehead atoms. The van der Waals surface area contributed by atoms with Gasteiger partial charge >= 0.3 is 0 Å². The van der Waals surface area contributed by atoms with E-state index in [9.17, 15) is 9.59 Å². The predicted molar refractivity (Wildman–Crippen MR) is 101 cm³/mol. The van der Waals surface area contributed by atoms with E-state index in [0.717, 1.165) is 23.1 Å². The van der Waals surface area contributed by atoms with Crippen molar-refractivity contribution in [3.63, 3.8) is 0 Å². The Morgan fingerprint density at radius 2 is 1.76 bits per heavy atom. The zero-order valence-electron chi connectivity index (χ0n) is 14.7. The average Bonchev–Trinajstić information content (AvgIpc) is 2.59. The number of halogens is 1. The number of piperidine rings is 1. The molecule has 1 fully saturated rings. The molecule has 25 heavy (non-hydrogen) atoms. The lowest BCUT2D eigenvalue weighted by Gasteiger charge is -2.33. The van der Waals surface area contributed by atoms with E-state index in [1.54, 1.807) is 0 Å². The Hall–Kier alpha value is -2.13. The zero-order valence-corrected chi connectivity index (χ0v) is 15.5. The summed E-state index contributed by atoms with van der Waals surface area (Å²) in [6, 6.07) is 13.6. The van der Waals surface area contributed by atoms with Crippen LogP contribution >= 0.6 is 11.6 Å². The van der Waals surface area contributed by atoms with E-state index in [0.29, 0.717) is 11.6 Å². The number of aryl methyl sites for hydroxylation is 1. The molecule has 1 atom stereocenters. The summed E-state index contributed by atoms with van der Waals surface area (Å²) < 4.78 is 0. The number of carbonyl (C=O) groups excluding carboxylic acids is 2. The van der Waals surface area contributed by atoms with Crippen molar-refractivity contribution in [1.82, 2.24) is 5.32 Å². The predicted octanol–water partition coefficient (Wildman–Crippen LogP) is 4.38. The minimum atomic E-state index is -0.733. The lowest BCUT2D eigenvalue weighted by atomic mass is 9.75. The van der Waals surface area contributed by atoms with Gasteiger partial charge in [0.15, 0.2) is 5.78 Å². The number of benzene rings is 2. The van der Waals surface area contributed by atoms with Crippen LogP contribution < -0.4 is 5.32 Å². The Morgan fingerprint density at radius 3 is 2.40 bits per heavy atom. The Kier molecular flexibility index (Phi) is 4.70. The number of carbonyl (C=O) groups is 2. The van der Waals surface area contributed by atoms with Crippen molar-refractivity contribution in [2.24, 2.45) is 5.41 Å². The van der Waals surface area contributed by atoms with E-state index in [1.165, 1.54) is 5.56 Å². The second kappa shape index (κ2) is 6.64. The smallest absolute Gasteiger partial charge is 0.235 e. The minimum absolute atomic E-state index is 0.0278. The summed E-state index contributed by atoms with van der Waals surface area (Å²) in [5.41, 5.74) is 3.42. The summed E-state index contributed by atoms with van der Waals surface area (Å²) in [6.07, 6.45) is 0.914. The molecule has 1 unspecified atom stereocenters. The fraction of sp³-hybridized carbons (Fsp3) is 0.333. The highest BCUT2D eigenvalue weighted by Crippen LogP contribution is 2.33. The van der Waals surface area contributed by atoms with Crippen LogP contribution in [0.4, 0.5) is 0 Å². The molecule has 0 aromatic heterocycles. The molecule has 2 aromatic rings. The van der Waals surface area contributed by atoms with Gasteiger partial charge in [0.25, 0.3) is 0 Å². The average molecular weight is 356 g/mol. The van der Waals surface area contributed by atoms with Gasteiger partial charge in [0.2, 0.25) is 5.91 Å². The first-order chi connectivity index (χ1) is 11.8. The van der Waals surface area contributed by atoms with Crippen molar-refractivity contribution in [3.05, 3.63) is 58.6 Å². The van der Waals surface area contributed by atoms with Gasteiger partial charge < -0.3 is 5.32 Å². The molecule has 0 aliphatic carbocycles. The van der Waals surface area contributed by atoms with Gasteiger partial charge in [0.05, 0.1) is 0 Å². The SMILES string of the molecule is CCc1cc(Cl)cc(-c2ccc(C3C(=O)NCC(C)(C)C3=O)cc2)c1. The largest absolute Gasteiger partial charge is 0.354 e. The van der Waals surface area contributed by atoms with Crippen LogP contribution in [0.1, 0.15) is 37.8 Å². The topological polar surface area (TPSA) is 46.2 Å². The van der Waals surface area contributed by atoms with Crippen LogP contribution in [0.2, 0.25) is 5.02 Å². The van der Waals surface area contributed by atoms with E-state index < -0.39 is 11.3 Å². The highest BCUT2D eigenvalue weighted by Gasteiger charge is 2.42. The quantitative estimate of drug-likeness (QED) is 0.830. The van der Waals surface area contributed by atoms with Crippen LogP contribution in [0.5, 0.6) is 0 Å². The van der Waals surface area contributed by atoms with Crippen molar-refractivity contribution >= 4 is 23.3 Å². The van der Waals surface area contributed by atoms with Crippen molar-refractivity contribution in [2.45, 2.75) is 33.1 Å². The molecule has 0 spiro atoms. The van der Waals surface area contributed by atoms with Crippen molar-refractivity contribution < 1.29 is 9.59 Å². The molecule has 0 saturated carbocycles. The van der Waals surface area contributed by atoms with Crippen LogP contribution in [0.3, 0.4) is 0 Å². The van der Waals surface area contributed by atoms with Crippen LogP contribution in [0.15, 0.2) is 42.5 Å². The Morgan fingerprint density at radius 1 is 1.08 bits per heavy atom. The Bertz CT molecular complexity index is 824. The molecule has 1 saturated heterocycles. The molecule has 0 radical (unpaired) electrons. The summed E-state index contributed by atoms with van der Waals surface area (Å²) >= 11 is 6.20. The van der Waals surface area contributed by atoms with Gasteiger partial charge in [0, 0.05) is 17.0 Å². The first-order valence-electron chi connectivity index (χ1n) is 8.53. The second-order valence-corrected chi connectivity index (χ2v) is 7.66. The van der Waals surface area contributed by atoms with Crippen LogP contribution in [0, 0.1) is 5.41 Å². The lowest BCUT2D eigenvalue weighted by Crippen LogP contribution is -2.51. The van der Waals surface area contributed by atoms with E-state index in [-0.39, 0.29) is 11.7 Å². The molecule has 4 heteroatoms. The lowest BCUT2D eigenvalue weighted by molar-refractivity contribution is -0.139. The minimum Gasteiger partial charge on any atom is -0.354 e. The van der Waals surface area contributed by atoms with Gasteiger partial charge in [-0.1, -0.05) is 62.7 Å². The molecule has 1 aliphatic rings. The van der Waals surface area contributed by atoms with Gasteiger partial charge in [0.1, 0.15) is 5.92 Å². The molecule has 3 rings (SSSR count). The first kappa shape index (κ1) is 17.7. The summed E-state index contributed by atoms with van der Waals surface area (Å²) in [5, 5.41) is 3.55. The summed E-state index contributed by atoms with van der Waals surface area (Å²) in [5.74, 6) is -0.975. The van der Waals surface area contributed by atoms with Gasteiger partial charge in [-0.05, 0) is 40.8 Å². The van der Waals surface area contributed by atoms with Crippen LogP contribution in [-0.2, 0) is 16.0 Å². The summed E-state index contributed by atoms with van der Waals surface area (Å²) in [4.78, 5) is 24.9. The number of hydrogen-bond acceptors (Lipinski definition) is 2. The molecule has 130 valence electrons. The van der Waals surface area contributed by atoms with Crippen LogP contribution in [-0.4, -0.2) is 18.2 Å². The number of hydrogen-bond donors (Lipinski definition) is 1. The Balaban J connectivity index is 1.93. The number of Topliss-reactive ketones (excluding diaryl/α,β-unsaturated/α-hetero) is 1. The maximum Gasteiger partial charge on any atom is 0.235 e. The van der Waals surface area contributed by atoms with Gasteiger partial charge in [-0.2, -0.15) is 0 Å². The highest BCUT2D eigenvalue weighted by atomic mass is 35.5. The first-order valence-corrected chi connectivity index (χ1v) is 8.91. The maximum atomic E-state index is 12.7. The molecule has 1 amide bonds. The number of rotatable bonds is 3. The number of ketones is 1. The van der Waals surface area contributed by atoms with Gasteiger partial charge in [-0.25, -0.2) is 0 Å². The van der Waals surface area contributed by atoms with E-state index in [2.05, 4.69) is 18.3 Å². The number of amides is 1. The normalized spacial score (nSPS) is 19.6. The van der Waals surface area contributed by atoms with E-state index in [1.807, 2.05) is 50.2 Å². The fourth-order valence-electron chi connectivity index (χ4n) is 3.20. The third-order valence-electron chi connectivity index (χ3n) is 4.84. The standard InChI is InChI=1S/C21H22ClNO2/c1-4-13-9-16(11-17(22)10-13)14-5-7-15(8-6-14)18-19(24)21(2,3)12-23-20(18)25/h5-11,18H,4,12H2,1-3H3,(H,23,25).